The van der Waals surface area contributed by atoms with E-state index >= 15 is 4.39 Å². The maximum Gasteiger partial charge on any atom is 0.417 e. The second kappa shape index (κ2) is 13.9. The average molecular weight is 722 g/mol. The number of carbonyl (C=O) groups excluding carboxylic acids is 2. The monoisotopic (exact) mass is 721 g/mol. The zero-order valence-corrected chi connectivity index (χ0v) is 28.9. The third-order valence-electron chi connectivity index (χ3n) is 9.42. The molecule has 0 aromatic heterocycles. The molecule has 0 bridgehead atoms. The molecule has 1 aliphatic heterocycles. The van der Waals surface area contributed by atoms with E-state index in [0.29, 0.717) is 41.5 Å². The van der Waals surface area contributed by atoms with E-state index in [1.54, 1.807) is 6.92 Å². The Hall–Kier alpha value is -4.55. The molecule has 51 heavy (non-hydrogen) atoms. The molecule has 6 nitrogen and oxygen atoms in total. The summed E-state index contributed by atoms with van der Waals surface area (Å²) < 4.78 is 115. The van der Waals surface area contributed by atoms with Crippen molar-refractivity contribution in [2.45, 2.75) is 78.4 Å². The number of hydrogen-bond acceptors (Lipinski definition) is 5. The van der Waals surface area contributed by atoms with E-state index in [1.165, 1.54) is 44.1 Å². The van der Waals surface area contributed by atoms with Gasteiger partial charge >= 0.3 is 24.4 Å². The number of ether oxygens (including phenoxy) is 3. The van der Waals surface area contributed by atoms with Crippen molar-refractivity contribution >= 4 is 17.6 Å². The molecule has 0 saturated carbocycles. The number of nitrogens with zero attached hydrogens (tertiary/aromatic N) is 1. The van der Waals surface area contributed by atoms with Gasteiger partial charge in [-0.05, 0) is 110 Å². The molecule has 2 aliphatic rings. The van der Waals surface area contributed by atoms with Gasteiger partial charge < -0.3 is 14.2 Å². The molecule has 0 unspecified atom stereocenters. The summed E-state index contributed by atoms with van der Waals surface area (Å²) in [6.07, 6.45) is -9.74. The van der Waals surface area contributed by atoms with Crippen molar-refractivity contribution in [3.05, 3.63) is 93.3 Å². The summed E-state index contributed by atoms with van der Waals surface area (Å²) >= 11 is 0. The summed E-state index contributed by atoms with van der Waals surface area (Å²) in [6.45, 7) is 8.75. The molecule has 3 aromatic rings. The van der Waals surface area contributed by atoms with Crippen LogP contribution in [0.3, 0.4) is 0 Å². The fourth-order valence-corrected chi connectivity index (χ4v) is 6.91. The first-order chi connectivity index (χ1) is 23.7. The second-order valence-electron chi connectivity index (χ2n) is 13.7. The molecule has 1 amide bonds. The maximum atomic E-state index is 15.1. The predicted molar refractivity (Wildman–Crippen MR) is 175 cm³/mol. The maximum absolute atomic E-state index is 15.1. The summed E-state index contributed by atoms with van der Waals surface area (Å²) in [5.41, 5.74) is -0.924. The normalized spacial score (nSPS) is 19.3. The van der Waals surface area contributed by atoms with Crippen LogP contribution in [0, 0.1) is 18.2 Å². The van der Waals surface area contributed by atoms with Crippen LogP contribution >= 0.6 is 0 Å². The van der Waals surface area contributed by atoms with Crippen molar-refractivity contribution in [1.82, 2.24) is 4.90 Å². The molecule has 2 atom stereocenters. The number of benzene rings is 3. The molecular weight excluding hydrogens is 683 g/mol. The molecule has 1 heterocycles. The number of carbonyl (C=O) groups is 2. The molecule has 1 saturated heterocycles. The molecule has 274 valence electrons. The minimum absolute atomic E-state index is 0.00438. The van der Waals surface area contributed by atoms with Crippen molar-refractivity contribution < 1.29 is 54.5 Å². The molecule has 5 rings (SSSR count). The van der Waals surface area contributed by atoms with Gasteiger partial charge in [0.2, 0.25) is 0 Å². The standard InChI is InChI=1S/C38H38F7NO5/c1-7-50-34(47)27-9-8-22(15-31(27)39)28-16-29(32(49-6)17-30(28)38(43,44)45)26-10-11-36(4,5)18-24(26)19-46-21(3)33(51-35(46)48)23-12-20(2)13-25(14-23)37(40,41)42/h8-9,12-17,21,33H,7,10-11,18-19H2,1-6H3/t21-,33-/m0/s1. The van der Waals surface area contributed by atoms with Gasteiger partial charge in [-0.1, -0.05) is 31.5 Å². The Bertz CT molecular complexity index is 1880. The smallest absolute Gasteiger partial charge is 0.417 e. The number of alkyl halides is 6. The molecule has 1 fully saturated rings. The van der Waals surface area contributed by atoms with Gasteiger partial charge in [0, 0.05) is 12.1 Å². The van der Waals surface area contributed by atoms with Crippen LogP contribution < -0.4 is 4.74 Å². The Morgan fingerprint density at radius 3 is 2.31 bits per heavy atom. The number of amides is 1. The van der Waals surface area contributed by atoms with Crippen LogP contribution in [-0.4, -0.2) is 43.3 Å². The van der Waals surface area contributed by atoms with Crippen molar-refractivity contribution in [3.63, 3.8) is 0 Å². The molecule has 0 spiro atoms. The van der Waals surface area contributed by atoms with E-state index in [-0.39, 0.29) is 41.0 Å². The lowest BCUT2D eigenvalue weighted by Crippen LogP contribution is -2.35. The topological polar surface area (TPSA) is 65.1 Å². The van der Waals surface area contributed by atoms with E-state index in [9.17, 15) is 35.9 Å². The van der Waals surface area contributed by atoms with Gasteiger partial charge in [-0.2, -0.15) is 26.3 Å². The number of halogens is 7. The molecular formula is C38H38F7NO5. The van der Waals surface area contributed by atoms with Crippen molar-refractivity contribution in [1.29, 1.82) is 0 Å². The number of hydrogen-bond donors (Lipinski definition) is 0. The largest absolute Gasteiger partial charge is 0.496 e. The van der Waals surface area contributed by atoms with E-state index in [1.807, 2.05) is 13.8 Å². The van der Waals surface area contributed by atoms with E-state index in [2.05, 4.69) is 0 Å². The summed E-state index contributed by atoms with van der Waals surface area (Å²) in [4.78, 5) is 26.9. The van der Waals surface area contributed by atoms with E-state index < -0.39 is 59.1 Å². The van der Waals surface area contributed by atoms with Gasteiger partial charge in [-0.3, -0.25) is 4.90 Å². The van der Waals surface area contributed by atoms with Gasteiger partial charge in [-0.25, -0.2) is 14.0 Å². The number of aryl methyl sites for hydroxylation is 1. The quantitative estimate of drug-likeness (QED) is 0.171. The lowest BCUT2D eigenvalue weighted by atomic mass is 9.72. The van der Waals surface area contributed by atoms with Gasteiger partial charge in [0.1, 0.15) is 17.7 Å². The molecule has 13 heteroatoms. The first-order valence-corrected chi connectivity index (χ1v) is 16.4. The number of esters is 1. The zero-order valence-electron chi connectivity index (χ0n) is 28.9. The van der Waals surface area contributed by atoms with Gasteiger partial charge in [0.25, 0.3) is 0 Å². The summed E-state index contributed by atoms with van der Waals surface area (Å²) in [7, 11) is 1.24. The Morgan fingerprint density at radius 2 is 1.71 bits per heavy atom. The zero-order chi connectivity index (χ0) is 37.6. The van der Waals surface area contributed by atoms with Gasteiger partial charge in [0.15, 0.2) is 0 Å². The van der Waals surface area contributed by atoms with Crippen molar-refractivity contribution in [2.75, 3.05) is 20.3 Å². The van der Waals surface area contributed by atoms with Crippen LogP contribution in [0.5, 0.6) is 5.75 Å². The highest BCUT2D eigenvalue weighted by atomic mass is 19.4. The van der Waals surface area contributed by atoms with Gasteiger partial charge in [0.05, 0.1) is 36.4 Å². The molecule has 3 aromatic carbocycles. The van der Waals surface area contributed by atoms with Crippen LogP contribution in [0.25, 0.3) is 16.7 Å². The van der Waals surface area contributed by atoms with Crippen LogP contribution in [0.2, 0.25) is 0 Å². The highest BCUT2D eigenvalue weighted by molar-refractivity contribution is 5.91. The fourth-order valence-electron chi connectivity index (χ4n) is 6.91. The first-order valence-electron chi connectivity index (χ1n) is 16.4. The minimum atomic E-state index is -4.87. The number of methoxy groups -OCH3 is 1. The number of allylic oxidation sites excluding steroid dienone is 1. The van der Waals surface area contributed by atoms with Crippen LogP contribution in [0.1, 0.15) is 91.2 Å². The third kappa shape index (κ3) is 7.86. The minimum Gasteiger partial charge on any atom is -0.496 e. The number of cyclic esters (lactones) is 1. The second-order valence-corrected chi connectivity index (χ2v) is 13.7. The SMILES string of the molecule is CCOC(=O)c1ccc(-c2cc(C3=C(CN4C(=O)O[C@H](c5cc(C)cc(C(F)(F)F)c5)[C@@H]4C)CC(C)(C)CC3)c(OC)cc2C(F)(F)F)cc1F. The molecule has 1 aliphatic carbocycles. The summed E-state index contributed by atoms with van der Waals surface area (Å²) in [6, 6.07) is 8.11. The van der Waals surface area contributed by atoms with Crippen LogP contribution in [0.4, 0.5) is 35.5 Å². The highest BCUT2D eigenvalue weighted by Gasteiger charge is 2.43. The lowest BCUT2D eigenvalue weighted by molar-refractivity contribution is -0.138. The fraction of sp³-hybridized carbons (Fsp3) is 0.421. The van der Waals surface area contributed by atoms with Crippen LogP contribution in [-0.2, 0) is 21.8 Å². The third-order valence-corrected chi connectivity index (χ3v) is 9.42. The Balaban J connectivity index is 1.61. The lowest BCUT2D eigenvalue weighted by Gasteiger charge is -2.36. The molecule has 0 N–H and O–H groups in total. The highest BCUT2D eigenvalue weighted by Crippen LogP contribution is 2.49. The summed E-state index contributed by atoms with van der Waals surface area (Å²) in [5.74, 6) is -2.09. The number of rotatable bonds is 8. The van der Waals surface area contributed by atoms with Gasteiger partial charge in [-0.15, -0.1) is 0 Å². The predicted octanol–water partition coefficient (Wildman–Crippen LogP) is 10.6. The Kier molecular flexibility index (Phi) is 10.3. The first kappa shape index (κ1) is 37.7. The van der Waals surface area contributed by atoms with Crippen molar-refractivity contribution in [3.8, 4) is 16.9 Å². The van der Waals surface area contributed by atoms with Crippen LogP contribution in [0.15, 0.2) is 54.1 Å². The molecule has 0 radical (unpaired) electrons. The Morgan fingerprint density at radius 1 is 1.00 bits per heavy atom. The summed E-state index contributed by atoms with van der Waals surface area (Å²) in [5, 5.41) is 0. The van der Waals surface area contributed by atoms with E-state index in [0.717, 1.165) is 30.3 Å². The Labute approximate surface area is 291 Å². The average Bonchev–Trinajstić information content (AvgIpc) is 3.31. The van der Waals surface area contributed by atoms with Crippen molar-refractivity contribution in [2.24, 2.45) is 5.41 Å². The van der Waals surface area contributed by atoms with E-state index in [4.69, 9.17) is 14.2 Å².